The second-order valence-corrected chi connectivity index (χ2v) is 5.78. The molecule has 0 bridgehead atoms. The van der Waals surface area contributed by atoms with Crippen molar-refractivity contribution in [3.63, 3.8) is 0 Å². The van der Waals surface area contributed by atoms with Crippen molar-refractivity contribution < 1.29 is 9.53 Å². The lowest BCUT2D eigenvalue weighted by Gasteiger charge is -2.31. The van der Waals surface area contributed by atoms with Crippen LogP contribution in [0.4, 0.5) is 0 Å². The van der Waals surface area contributed by atoms with Gasteiger partial charge in [0.1, 0.15) is 5.75 Å². The molecule has 1 aromatic rings. The molecule has 0 aromatic heterocycles. The summed E-state index contributed by atoms with van der Waals surface area (Å²) in [5.74, 6) is 1.16. The highest BCUT2D eigenvalue weighted by Crippen LogP contribution is 2.25. The van der Waals surface area contributed by atoms with Crippen molar-refractivity contribution in [2.45, 2.75) is 45.3 Å². The van der Waals surface area contributed by atoms with Gasteiger partial charge in [-0.1, -0.05) is 12.1 Å². The molecular weight excluding hydrogens is 252 g/mol. The van der Waals surface area contributed by atoms with E-state index in [4.69, 9.17) is 10.5 Å². The fraction of sp³-hybridized carbons (Fsp3) is 0.562. The second kappa shape index (κ2) is 6.75. The molecule has 0 spiro atoms. The van der Waals surface area contributed by atoms with E-state index in [-0.39, 0.29) is 24.0 Å². The SMILES string of the molecule is CC(C)Oc1ccc(CCNC(=O)C2CC(N)C2)cc1. The van der Waals surface area contributed by atoms with Crippen LogP contribution in [0.5, 0.6) is 5.75 Å². The molecule has 110 valence electrons. The van der Waals surface area contributed by atoms with E-state index in [0.29, 0.717) is 6.54 Å². The first-order chi connectivity index (χ1) is 9.54. The number of hydrogen-bond donors (Lipinski definition) is 2. The van der Waals surface area contributed by atoms with E-state index >= 15 is 0 Å². The van der Waals surface area contributed by atoms with Gasteiger partial charge in [0.25, 0.3) is 0 Å². The Balaban J connectivity index is 1.70. The van der Waals surface area contributed by atoms with Crippen molar-refractivity contribution in [1.82, 2.24) is 5.32 Å². The van der Waals surface area contributed by atoms with Gasteiger partial charge in [-0.15, -0.1) is 0 Å². The zero-order valence-electron chi connectivity index (χ0n) is 12.3. The van der Waals surface area contributed by atoms with Crippen molar-refractivity contribution >= 4 is 5.91 Å². The molecule has 0 saturated heterocycles. The molecule has 1 saturated carbocycles. The Bertz CT molecular complexity index is 436. The molecule has 1 aliphatic carbocycles. The van der Waals surface area contributed by atoms with E-state index in [1.807, 2.05) is 38.1 Å². The van der Waals surface area contributed by atoms with Crippen LogP contribution in [-0.4, -0.2) is 24.6 Å². The summed E-state index contributed by atoms with van der Waals surface area (Å²) in [6.07, 6.45) is 2.68. The van der Waals surface area contributed by atoms with Crippen LogP contribution >= 0.6 is 0 Å². The predicted molar refractivity (Wildman–Crippen MR) is 79.6 cm³/mol. The first-order valence-electron chi connectivity index (χ1n) is 7.33. The number of carbonyl (C=O) groups excluding carboxylic acids is 1. The molecule has 3 N–H and O–H groups in total. The number of hydrogen-bond acceptors (Lipinski definition) is 3. The molecule has 1 aliphatic rings. The van der Waals surface area contributed by atoms with Gasteiger partial charge in [-0.05, 0) is 50.8 Å². The molecule has 4 heteroatoms. The third kappa shape index (κ3) is 4.23. The van der Waals surface area contributed by atoms with Crippen molar-refractivity contribution in [2.75, 3.05) is 6.54 Å². The highest BCUT2D eigenvalue weighted by molar-refractivity contribution is 5.79. The smallest absolute Gasteiger partial charge is 0.223 e. The molecule has 2 rings (SSSR count). The first-order valence-corrected chi connectivity index (χ1v) is 7.33. The zero-order chi connectivity index (χ0) is 14.5. The molecular formula is C16H24N2O2. The topological polar surface area (TPSA) is 64.3 Å². The highest BCUT2D eigenvalue weighted by Gasteiger charge is 2.31. The predicted octanol–water partition coefficient (Wildman–Crippen LogP) is 1.87. The Hall–Kier alpha value is -1.55. The van der Waals surface area contributed by atoms with E-state index in [1.54, 1.807) is 0 Å². The Morgan fingerprint density at radius 3 is 2.55 bits per heavy atom. The van der Waals surface area contributed by atoms with Gasteiger partial charge in [-0.25, -0.2) is 0 Å². The number of rotatable bonds is 6. The fourth-order valence-electron chi connectivity index (χ4n) is 2.36. The standard InChI is InChI=1S/C16H24N2O2/c1-11(2)20-15-5-3-12(4-6-15)7-8-18-16(19)13-9-14(17)10-13/h3-6,11,13-14H,7-10,17H2,1-2H3,(H,18,19). The molecule has 0 unspecified atom stereocenters. The third-order valence-corrected chi connectivity index (χ3v) is 3.55. The van der Waals surface area contributed by atoms with E-state index in [2.05, 4.69) is 5.32 Å². The van der Waals surface area contributed by atoms with Crippen LogP contribution in [0.15, 0.2) is 24.3 Å². The lowest BCUT2D eigenvalue weighted by atomic mass is 9.80. The third-order valence-electron chi connectivity index (χ3n) is 3.55. The summed E-state index contributed by atoms with van der Waals surface area (Å²) in [4.78, 5) is 11.7. The summed E-state index contributed by atoms with van der Waals surface area (Å²) < 4.78 is 5.59. The van der Waals surface area contributed by atoms with Gasteiger partial charge in [0.15, 0.2) is 0 Å². The van der Waals surface area contributed by atoms with Gasteiger partial charge in [0.2, 0.25) is 5.91 Å². The zero-order valence-corrected chi connectivity index (χ0v) is 12.3. The molecule has 20 heavy (non-hydrogen) atoms. The average molecular weight is 276 g/mol. The molecule has 0 atom stereocenters. The summed E-state index contributed by atoms with van der Waals surface area (Å²) in [5, 5.41) is 2.97. The maximum atomic E-state index is 11.7. The van der Waals surface area contributed by atoms with Crippen molar-refractivity contribution in [1.29, 1.82) is 0 Å². The van der Waals surface area contributed by atoms with Crippen molar-refractivity contribution in [2.24, 2.45) is 11.7 Å². The van der Waals surface area contributed by atoms with Gasteiger partial charge in [-0.2, -0.15) is 0 Å². The lowest BCUT2D eigenvalue weighted by Crippen LogP contribution is -2.45. The lowest BCUT2D eigenvalue weighted by molar-refractivity contribution is -0.127. The maximum absolute atomic E-state index is 11.7. The number of ether oxygens (including phenoxy) is 1. The minimum absolute atomic E-state index is 0.131. The van der Waals surface area contributed by atoms with Gasteiger partial charge >= 0.3 is 0 Å². The van der Waals surface area contributed by atoms with Crippen molar-refractivity contribution in [3.05, 3.63) is 29.8 Å². The molecule has 0 heterocycles. The molecule has 1 amide bonds. The summed E-state index contributed by atoms with van der Waals surface area (Å²) in [6, 6.07) is 8.26. The number of nitrogens with two attached hydrogens (primary N) is 1. The van der Waals surface area contributed by atoms with E-state index < -0.39 is 0 Å². The Morgan fingerprint density at radius 1 is 1.35 bits per heavy atom. The van der Waals surface area contributed by atoms with Gasteiger partial charge in [0, 0.05) is 18.5 Å². The number of nitrogens with one attached hydrogen (secondary N) is 1. The van der Waals surface area contributed by atoms with Gasteiger partial charge < -0.3 is 15.8 Å². The normalized spacial score (nSPS) is 21.4. The molecule has 1 aromatic carbocycles. The Labute approximate surface area is 120 Å². The van der Waals surface area contributed by atoms with Crippen LogP contribution in [-0.2, 0) is 11.2 Å². The maximum Gasteiger partial charge on any atom is 0.223 e. The number of carbonyl (C=O) groups is 1. The summed E-state index contributed by atoms with van der Waals surface area (Å²) >= 11 is 0. The van der Waals surface area contributed by atoms with Gasteiger partial charge in [0.05, 0.1) is 6.10 Å². The van der Waals surface area contributed by atoms with Crippen LogP contribution in [0.1, 0.15) is 32.3 Å². The second-order valence-electron chi connectivity index (χ2n) is 5.78. The van der Waals surface area contributed by atoms with E-state index in [1.165, 1.54) is 5.56 Å². The average Bonchev–Trinajstić information content (AvgIpc) is 2.36. The van der Waals surface area contributed by atoms with Crippen LogP contribution in [0.3, 0.4) is 0 Å². The molecule has 1 fully saturated rings. The molecule has 0 aliphatic heterocycles. The van der Waals surface area contributed by atoms with Crippen LogP contribution in [0.2, 0.25) is 0 Å². The Morgan fingerprint density at radius 2 is 2.00 bits per heavy atom. The number of amides is 1. The first kappa shape index (κ1) is 14.9. The van der Waals surface area contributed by atoms with Gasteiger partial charge in [-0.3, -0.25) is 4.79 Å². The molecule has 0 radical (unpaired) electrons. The van der Waals surface area contributed by atoms with Crippen LogP contribution in [0.25, 0.3) is 0 Å². The quantitative estimate of drug-likeness (QED) is 0.833. The summed E-state index contributed by atoms with van der Waals surface area (Å²) in [7, 11) is 0. The Kier molecular flexibility index (Phi) is 5.01. The largest absolute Gasteiger partial charge is 0.491 e. The van der Waals surface area contributed by atoms with E-state index in [9.17, 15) is 4.79 Å². The van der Waals surface area contributed by atoms with Crippen LogP contribution < -0.4 is 15.8 Å². The summed E-state index contributed by atoms with van der Waals surface area (Å²) in [6.45, 7) is 4.69. The van der Waals surface area contributed by atoms with Crippen molar-refractivity contribution in [3.8, 4) is 5.75 Å². The fourth-order valence-corrected chi connectivity index (χ4v) is 2.36. The van der Waals surface area contributed by atoms with E-state index in [0.717, 1.165) is 25.0 Å². The highest BCUT2D eigenvalue weighted by atomic mass is 16.5. The molecule has 4 nitrogen and oxygen atoms in total. The monoisotopic (exact) mass is 276 g/mol. The summed E-state index contributed by atoms with van der Waals surface area (Å²) in [5.41, 5.74) is 6.88. The number of benzene rings is 1. The minimum atomic E-state index is 0.131. The minimum Gasteiger partial charge on any atom is -0.491 e. The van der Waals surface area contributed by atoms with Crippen LogP contribution in [0, 0.1) is 5.92 Å².